The summed E-state index contributed by atoms with van der Waals surface area (Å²) in [5.41, 5.74) is 0. The van der Waals surface area contributed by atoms with Crippen LogP contribution < -0.4 is 5.32 Å². The van der Waals surface area contributed by atoms with Crippen molar-refractivity contribution in [3.63, 3.8) is 0 Å². The smallest absolute Gasteiger partial charge is 0.305 e. The van der Waals surface area contributed by atoms with Gasteiger partial charge in [0.1, 0.15) is 0 Å². The SMILES string of the molecule is CCCCC/C=C\C/C=C\CCCCCCCCCCCC(=O)OCCCCCCCCCCC/C=C\C/C=C\CCCCCCCCCCCCCCCCCC(=O)NC(CO)C(O)CCCCCCCCCCCCCCCCCCCCCC. The summed E-state index contributed by atoms with van der Waals surface area (Å²) in [5.74, 6) is -0.0202. The first-order valence-electron chi connectivity index (χ1n) is 39.4. The van der Waals surface area contributed by atoms with E-state index in [1.807, 2.05) is 0 Å². The molecule has 6 heteroatoms. The Morgan fingerprint density at radius 1 is 0.322 bits per heavy atom. The minimum Gasteiger partial charge on any atom is -0.466 e. The number of hydrogen-bond acceptors (Lipinski definition) is 5. The van der Waals surface area contributed by atoms with E-state index in [0.29, 0.717) is 25.9 Å². The maximum atomic E-state index is 12.6. The normalized spacial score (nSPS) is 12.7. The fraction of sp³-hybridized carbons (Fsp3) is 0.877. The molecule has 0 aliphatic heterocycles. The molecule has 6 nitrogen and oxygen atoms in total. The van der Waals surface area contributed by atoms with Crippen LogP contribution in [0.4, 0.5) is 0 Å². The summed E-state index contributed by atoms with van der Waals surface area (Å²) in [6.07, 6.45) is 100. The molecule has 512 valence electrons. The Balaban J connectivity index is 3.39. The standard InChI is InChI=1S/C81H153NO5/c1-3-5-7-9-11-13-15-17-19-21-23-38-41-45-49-53-57-61-65-69-73-79(84)78(77-83)82-80(85)74-70-66-62-58-54-50-46-42-39-35-33-31-29-27-25-24-26-28-30-32-34-36-40-44-48-52-56-60-64-68-72-76-87-81(86)75-71-67-63-59-55-51-47-43-37-22-20-18-16-14-12-10-8-6-4-2/h12,14,18,20,26,28,32,34,78-79,83-84H,3-11,13,15-17,19,21-25,27,29-31,33,35-77H2,1-2H3,(H,82,85)/b14-12-,20-18-,28-26-,34-32-. The molecule has 0 spiro atoms. The third-order valence-electron chi connectivity index (χ3n) is 18.4. The van der Waals surface area contributed by atoms with Crippen molar-refractivity contribution in [2.24, 2.45) is 0 Å². The van der Waals surface area contributed by atoms with Crippen LogP contribution in [0.25, 0.3) is 0 Å². The lowest BCUT2D eigenvalue weighted by Gasteiger charge is -2.22. The number of unbranched alkanes of at least 4 members (excludes halogenated alkanes) is 55. The topological polar surface area (TPSA) is 95.9 Å². The summed E-state index contributed by atoms with van der Waals surface area (Å²) in [6, 6.07) is -0.543. The summed E-state index contributed by atoms with van der Waals surface area (Å²) < 4.78 is 5.51. The van der Waals surface area contributed by atoms with Gasteiger partial charge >= 0.3 is 5.97 Å². The fourth-order valence-corrected chi connectivity index (χ4v) is 12.4. The summed E-state index contributed by atoms with van der Waals surface area (Å²) in [4.78, 5) is 24.7. The predicted molar refractivity (Wildman–Crippen MR) is 384 cm³/mol. The number of carbonyl (C=O) groups is 2. The second-order valence-corrected chi connectivity index (χ2v) is 27.0. The number of rotatable bonds is 74. The van der Waals surface area contributed by atoms with Crippen molar-refractivity contribution in [2.75, 3.05) is 13.2 Å². The average molecular weight is 1220 g/mol. The lowest BCUT2D eigenvalue weighted by Crippen LogP contribution is -2.45. The van der Waals surface area contributed by atoms with Crippen molar-refractivity contribution in [3.8, 4) is 0 Å². The first-order chi connectivity index (χ1) is 43.0. The van der Waals surface area contributed by atoms with Crippen molar-refractivity contribution < 1.29 is 24.5 Å². The fourth-order valence-electron chi connectivity index (χ4n) is 12.4. The molecule has 3 N–H and O–H groups in total. The number of allylic oxidation sites excluding steroid dienone is 8. The Hall–Kier alpha value is -2.18. The van der Waals surface area contributed by atoms with Crippen LogP contribution in [0.3, 0.4) is 0 Å². The molecule has 1 amide bonds. The molecule has 0 aliphatic carbocycles. The molecule has 0 rings (SSSR count). The molecule has 87 heavy (non-hydrogen) atoms. The first-order valence-corrected chi connectivity index (χ1v) is 39.4. The molecular weight excluding hydrogens is 1070 g/mol. The molecule has 2 unspecified atom stereocenters. The largest absolute Gasteiger partial charge is 0.466 e. The zero-order valence-electron chi connectivity index (χ0n) is 58.8. The number of aliphatic hydroxyl groups is 2. The minimum atomic E-state index is -0.666. The van der Waals surface area contributed by atoms with E-state index in [2.05, 4.69) is 67.8 Å². The number of esters is 1. The molecule has 0 saturated heterocycles. The Kier molecular flexibility index (Phi) is 74.4. The van der Waals surface area contributed by atoms with Gasteiger partial charge in [0, 0.05) is 12.8 Å². The Labute approximate surface area is 544 Å². The Morgan fingerprint density at radius 3 is 0.897 bits per heavy atom. The number of amides is 1. The Morgan fingerprint density at radius 2 is 0.575 bits per heavy atom. The molecule has 0 aromatic rings. The molecule has 0 saturated carbocycles. The summed E-state index contributed by atoms with van der Waals surface area (Å²) >= 11 is 0. The molecule has 0 fully saturated rings. The second kappa shape index (κ2) is 76.3. The van der Waals surface area contributed by atoms with Crippen molar-refractivity contribution in [1.82, 2.24) is 5.32 Å². The number of hydrogen-bond donors (Lipinski definition) is 3. The monoisotopic (exact) mass is 1220 g/mol. The summed E-state index contributed by atoms with van der Waals surface area (Å²) in [7, 11) is 0. The van der Waals surface area contributed by atoms with Gasteiger partial charge in [0.15, 0.2) is 0 Å². The van der Waals surface area contributed by atoms with Crippen LogP contribution in [-0.4, -0.2) is 47.4 Å². The van der Waals surface area contributed by atoms with Crippen molar-refractivity contribution in [2.45, 2.75) is 443 Å². The van der Waals surface area contributed by atoms with Crippen LogP contribution in [0.15, 0.2) is 48.6 Å². The summed E-state index contributed by atoms with van der Waals surface area (Å²) in [5, 5.41) is 23.4. The van der Waals surface area contributed by atoms with E-state index in [4.69, 9.17) is 4.74 Å². The number of nitrogens with one attached hydrogen (secondary N) is 1. The van der Waals surface area contributed by atoms with Crippen LogP contribution in [-0.2, 0) is 14.3 Å². The molecule has 0 bridgehead atoms. The number of aliphatic hydroxyl groups excluding tert-OH is 2. The highest BCUT2D eigenvalue weighted by Gasteiger charge is 2.20. The maximum absolute atomic E-state index is 12.6. The van der Waals surface area contributed by atoms with Crippen molar-refractivity contribution in [3.05, 3.63) is 48.6 Å². The van der Waals surface area contributed by atoms with Gasteiger partial charge in [-0.25, -0.2) is 0 Å². The van der Waals surface area contributed by atoms with Crippen LogP contribution in [0.5, 0.6) is 0 Å². The van der Waals surface area contributed by atoms with E-state index in [1.54, 1.807) is 0 Å². The predicted octanol–water partition coefficient (Wildman–Crippen LogP) is 26.0. The van der Waals surface area contributed by atoms with Gasteiger partial charge in [-0.05, 0) is 89.9 Å². The van der Waals surface area contributed by atoms with Crippen LogP contribution in [0.1, 0.15) is 431 Å². The minimum absolute atomic E-state index is 0.00995. The van der Waals surface area contributed by atoms with Crippen LogP contribution >= 0.6 is 0 Å². The van der Waals surface area contributed by atoms with Gasteiger partial charge in [-0.2, -0.15) is 0 Å². The highest BCUT2D eigenvalue weighted by molar-refractivity contribution is 5.76. The molecule has 0 radical (unpaired) electrons. The van der Waals surface area contributed by atoms with Gasteiger partial charge in [0.25, 0.3) is 0 Å². The highest BCUT2D eigenvalue weighted by Crippen LogP contribution is 2.19. The molecule has 0 heterocycles. The number of ether oxygens (including phenoxy) is 1. The van der Waals surface area contributed by atoms with Crippen molar-refractivity contribution in [1.29, 1.82) is 0 Å². The molecule has 0 aromatic heterocycles. The highest BCUT2D eigenvalue weighted by atomic mass is 16.5. The van der Waals surface area contributed by atoms with E-state index in [1.165, 1.54) is 340 Å². The lowest BCUT2D eigenvalue weighted by molar-refractivity contribution is -0.143. The maximum Gasteiger partial charge on any atom is 0.305 e. The van der Waals surface area contributed by atoms with E-state index in [0.717, 1.165) is 57.8 Å². The molecule has 0 aliphatic rings. The quantitative estimate of drug-likeness (QED) is 0.0320. The zero-order valence-corrected chi connectivity index (χ0v) is 58.8. The molecule has 2 atom stereocenters. The lowest BCUT2D eigenvalue weighted by atomic mass is 10.0. The third-order valence-corrected chi connectivity index (χ3v) is 18.4. The number of carbonyl (C=O) groups excluding carboxylic acids is 2. The van der Waals surface area contributed by atoms with Crippen LogP contribution in [0, 0.1) is 0 Å². The van der Waals surface area contributed by atoms with E-state index < -0.39 is 12.1 Å². The van der Waals surface area contributed by atoms with Gasteiger partial charge in [-0.15, -0.1) is 0 Å². The third kappa shape index (κ3) is 72.8. The summed E-state index contributed by atoms with van der Waals surface area (Å²) in [6.45, 7) is 4.97. The zero-order chi connectivity index (χ0) is 62.8. The second-order valence-electron chi connectivity index (χ2n) is 27.0. The van der Waals surface area contributed by atoms with Gasteiger partial charge < -0.3 is 20.3 Å². The van der Waals surface area contributed by atoms with Crippen molar-refractivity contribution >= 4 is 11.9 Å². The average Bonchev–Trinajstić information content (AvgIpc) is 3.53. The Bertz CT molecular complexity index is 1450. The van der Waals surface area contributed by atoms with Gasteiger partial charge in [0.05, 0.1) is 25.4 Å². The van der Waals surface area contributed by atoms with Gasteiger partial charge in [0.2, 0.25) is 5.91 Å². The van der Waals surface area contributed by atoms with E-state index >= 15 is 0 Å². The van der Waals surface area contributed by atoms with E-state index in [-0.39, 0.29) is 18.5 Å². The van der Waals surface area contributed by atoms with Gasteiger partial charge in [-0.1, -0.05) is 377 Å². The first kappa shape index (κ1) is 84.8. The van der Waals surface area contributed by atoms with Gasteiger partial charge in [-0.3, -0.25) is 9.59 Å². The van der Waals surface area contributed by atoms with E-state index in [9.17, 15) is 19.8 Å². The molecular formula is C81H153NO5. The van der Waals surface area contributed by atoms with Crippen LogP contribution in [0.2, 0.25) is 0 Å². The molecule has 0 aromatic carbocycles.